The third-order valence-corrected chi connectivity index (χ3v) is 3.13. The number of hydrogen-bond donors (Lipinski definition) is 2. The van der Waals surface area contributed by atoms with Gasteiger partial charge in [-0.05, 0) is 37.8 Å². The Bertz CT molecular complexity index is 343. The molecule has 1 rings (SSSR count). The van der Waals surface area contributed by atoms with E-state index in [9.17, 15) is 9.50 Å². The monoisotopic (exact) mass is 253 g/mol. The van der Waals surface area contributed by atoms with E-state index in [1.54, 1.807) is 6.07 Å². The Labute approximate surface area is 109 Å². The van der Waals surface area contributed by atoms with Gasteiger partial charge in [-0.25, -0.2) is 4.39 Å². The van der Waals surface area contributed by atoms with E-state index in [0.29, 0.717) is 6.54 Å². The molecule has 0 aliphatic rings. The maximum absolute atomic E-state index is 13.4. The van der Waals surface area contributed by atoms with E-state index in [1.165, 1.54) is 6.07 Å². The second-order valence-corrected chi connectivity index (χ2v) is 4.88. The van der Waals surface area contributed by atoms with Gasteiger partial charge in [0.25, 0.3) is 0 Å². The van der Waals surface area contributed by atoms with Gasteiger partial charge in [-0.2, -0.15) is 0 Å². The molecule has 0 aliphatic carbocycles. The summed E-state index contributed by atoms with van der Waals surface area (Å²) in [5, 5.41) is 12.9. The number of hydrogen-bond acceptors (Lipinski definition) is 2. The van der Waals surface area contributed by atoms with Crippen LogP contribution in [0, 0.1) is 5.82 Å². The second-order valence-electron chi connectivity index (χ2n) is 4.88. The maximum atomic E-state index is 13.4. The molecule has 0 heterocycles. The van der Waals surface area contributed by atoms with Crippen molar-refractivity contribution in [3.05, 3.63) is 35.6 Å². The third-order valence-electron chi connectivity index (χ3n) is 3.13. The van der Waals surface area contributed by atoms with Crippen LogP contribution in [-0.2, 0) is 6.42 Å². The van der Waals surface area contributed by atoms with Gasteiger partial charge in [0.2, 0.25) is 0 Å². The Hall–Kier alpha value is -0.930. The molecule has 1 aromatic carbocycles. The molecule has 0 aliphatic heterocycles. The normalized spacial score (nSPS) is 14.4. The van der Waals surface area contributed by atoms with E-state index in [4.69, 9.17) is 0 Å². The molecular weight excluding hydrogens is 229 g/mol. The number of halogens is 1. The van der Waals surface area contributed by atoms with Gasteiger partial charge >= 0.3 is 0 Å². The number of aliphatic hydroxyl groups is 1. The number of aliphatic hydroxyl groups excluding tert-OH is 1. The van der Waals surface area contributed by atoms with E-state index in [1.807, 2.05) is 12.1 Å². The molecule has 2 N–H and O–H groups in total. The smallest absolute Gasteiger partial charge is 0.126 e. The molecule has 0 saturated carbocycles. The van der Waals surface area contributed by atoms with Crippen molar-refractivity contribution in [3.8, 4) is 0 Å². The molecule has 102 valence electrons. The third kappa shape index (κ3) is 5.61. The maximum Gasteiger partial charge on any atom is 0.126 e. The van der Waals surface area contributed by atoms with Crippen LogP contribution in [0.5, 0.6) is 0 Å². The molecule has 2 unspecified atom stereocenters. The summed E-state index contributed by atoms with van der Waals surface area (Å²) in [6.45, 7) is 4.75. The minimum atomic E-state index is -0.272. The molecule has 0 radical (unpaired) electrons. The molecule has 3 heteroatoms. The van der Waals surface area contributed by atoms with Crippen LogP contribution in [0.2, 0.25) is 0 Å². The Balaban J connectivity index is 2.25. The van der Waals surface area contributed by atoms with Crippen LogP contribution in [0.25, 0.3) is 0 Å². The zero-order chi connectivity index (χ0) is 13.4. The van der Waals surface area contributed by atoms with E-state index in [0.717, 1.165) is 31.2 Å². The van der Waals surface area contributed by atoms with Crippen LogP contribution in [-0.4, -0.2) is 23.8 Å². The molecule has 0 bridgehead atoms. The highest BCUT2D eigenvalue weighted by Gasteiger charge is 2.07. The van der Waals surface area contributed by atoms with E-state index in [-0.39, 0.29) is 18.0 Å². The Morgan fingerprint density at radius 1 is 1.28 bits per heavy atom. The zero-order valence-electron chi connectivity index (χ0n) is 11.3. The highest BCUT2D eigenvalue weighted by atomic mass is 19.1. The Morgan fingerprint density at radius 3 is 2.67 bits per heavy atom. The molecule has 18 heavy (non-hydrogen) atoms. The first-order chi connectivity index (χ1) is 8.63. The summed E-state index contributed by atoms with van der Waals surface area (Å²) in [7, 11) is 0. The fourth-order valence-electron chi connectivity index (χ4n) is 1.95. The van der Waals surface area contributed by atoms with E-state index >= 15 is 0 Å². The standard InChI is InChI=1S/C15H24FNO/c1-3-6-14(18)11-17-12(2)9-10-13-7-4-5-8-15(13)16/h4-5,7-8,12,14,17-18H,3,6,9-11H2,1-2H3. The summed E-state index contributed by atoms with van der Waals surface area (Å²) in [4.78, 5) is 0. The van der Waals surface area contributed by atoms with Crippen LogP contribution in [0.3, 0.4) is 0 Å². The summed E-state index contributed by atoms with van der Waals surface area (Å²) in [6.07, 6.45) is 3.15. The van der Waals surface area contributed by atoms with E-state index < -0.39 is 0 Å². The second kappa shape index (κ2) is 8.22. The van der Waals surface area contributed by atoms with Crippen LogP contribution >= 0.6 is 0 Å². The molecule has 2 nitrogen and oxygen atoms in total. The number of rotatable bonds is 8. The van der Waals surface area contributed by atoms with Crippen molar-refractivity contribution in [1.82, 2.24) is 5.32 Å². The predicted octanol–water partition coefficient (Wildman–Crippen LogP) is 2.90. The van der Waals surface area contributed by atoms with Crippen molar-refractivity contribution in [2.75, 3.05) is 6.54 Å². The summed E-state index contributed by atoms with van der Waals surface area (Å²) in [5.74, 6) is -0.129. The summed E-state index contributed by atoms with van der Waals surface area (Å²) >= 11 is 0. The predicted molar refractivity (Wildman–Crippen MR) is 73.1 cm³/mol. The van der Waals surface area contributed by atoms with Crippen molar-refractivity contribution < 1.29 is 9.50 Å². The minimum absolute atomic E-state index is 0.129. The van der Waals surface area contributed by atoms with Crippen LogP contribution < -0.4 is 5.32 Å². The lowest BCUT2D eigenvalue weighted by atomic mass is 10.1. The number of nitrogens with one attached hydrogen (secondary N) is 1. The molecule has 0 amide bonds. The van der Waals surface area contributed by atoms with Gasteiger partial charge < -0.3 is 10.4 Å². The number of benzene rings is 1. The Morgan fingerprint density at radius 2 is 2.00 bits per heavy atom. The summed E-state index contributed by atoms with van der Waals surface area (Å²) < 4.78 is 13.4. The molecular formula is C15H24FNO. The average Bonchev–Trinajstić information content (AvgIpc) is 2.36. The van der Waals surface area contributed by atoms with Crippen LogP contribution in [0.1, 0.15) is 38.7 Å². The fraction of sp³-hybridized carbons (Fsp3) is 0.600. The van der Waals surface area contributed by atoms with Gasteiger partial charge in [0.1, 0.15) is 5.82 Å². The highest BCUT2D eigenvalue weighted by Crippen LogP contribution is 2.10. The van der Waals surface area contributed by atoms with Crippen molar-refractivity contribution in [2.24, 2.45) is 0 Å². The lowest BCUT2D eigenvalue weighted by molar-refractivity contribution is 0.156. The van der Waals surface area contributed by atoms with Crippen LogP contribution in [0.15, 0.2) is 24.3 Å². The van der Waals surface area contributed by atoms with Gasteiger partial charge in [0, 0.05) is 12.6 Å². The lowest BCUT2D eigenvalue weighted by Crippen LogP contribution is -2.34. The summed E-state index contributed by atoms with van der Waals surface area (Å²) in [6, 6.07) is 7.19. The van der Waals surface area contributed by atoms with E-state index in [2.05, 4.69) is 19.2 Å². The van der Waals surface area contributed by atoms with Crippen molar-refractivity contribution in [2.45, 2.75) is 51.7 Å². The molecule has 2 atom stereocenters. The highest BCUT2D eigenvalue weighted by molar-refractivity contribution is 5.17. The molecule has 0 fully saturated rings. The van der Waals surface area contributed by atoms with Gasteiger partial charge in [-0.1, -0.05) is 31.5 Å². The molecule has 0 saturated heterocycles. The average molecular weight is 253 g/mol. The summed E-state index contributed by atoms with van der Waals surface area (Å²) in [5.41, 5.74) is 0.764. The first kappa shape index (κ1) is 15.1. The van der Waals surface area contributed by atoms with Gasteiger partial charge in [0.05, 0.1) is 6.10 Å². The van der Waals surface area contributed by atoms with Gasteiger partial charge in [-0.3, -0.25) is 0 Å². The topological polar surface area (TPSA) is 32.3 Å². The van der Waals surface area contributed by atoms with Gasteiger partial charge in [-0.15, -0.1) is 0 Å². The van der Waals surface area contributed by atoms with Crippen LogP contribution in [0.4, 0.5) is 4.39 Å². The number of aryl methyl sites for hydroxylation is 1. The largest absolute Gasteiger partial charge is 0.392 e. The fourth-order valence-corrected chi connectivity index (χ4v) is 1.95. The first-order valence-corrected chi connectivity index (χ1v) is 6.78. The first-order valence-electron chi connectivity index (χ1n) is 6.78. The van der Waals surface area contributed by atoms with Crippen molar-refractivity contribution in [1.29, 1.82) is 0 Å². The van der Waals surface area contributed by atoms with Crippen molar-refractivity contribution >= 4 is 0 Å². The lowest BCUT2D eigenvalue weighted by Gasteiger charge is -2.16. The zero-order valence-corrected chi connectivity index (χ0v) is 11.3. The van der Waals surface area contributed by atoms with Gasteiger partial charge in [0.15, 0.2) is 0 Å². The minimum Gasteiger partial charge on any atom is -0.392 e. The molecule has 0 spiro atoms. The van der Waals surface area contributed by atoms with Crippen molar-refractivity contribution in [3.63, 3.8) is 0 Å². The Kier molecular flexibility index (Phi) is 6.91. The molecule has 0 aromatic heterocycles. The molecule has 1 aromatic rings. The SMILES string of the molecule is CCCC(O)CNC(C)CCc1ccccc1F. The quantitative estimate of drug-likeness (QED) is 0.746.